The van der Waals surface area contributed by atoms with E-state index in [0.717, 1.165) is 41.4 Å². The fourth-order valence-electron chi connectivity index (χ4n) is 3.95. The van der Waals surface area contributed by atoms with Gasteiger partial charge in [0.2, 0.25) is 5.91 Å². The third-order valence-electron chi connectivity index (χ3n) is 5.44. The Hall–Kier alpha value is -1.99. The van der Waals surface area contributed by atoms with Crippen molar-refractivity contribution in [1.82, 2.24) is 0 Å². The second kappa shape index (κ2) is 7.44. The van der Waals surface area contributed by atoms with E-state index in [4.69, 9.17) is 5.73 Å². The minimum Gasteiger partial charge on any atom is -0.328 e. The molecule has 2 aromatic carbocycles. The van der Waals surface area contributed by atoms with Crippen molar-refractivity contribution in [2.24, 2.45) is 11.7 Å². The number of nitrogens with one attached hydrogen (secondary N) is 1. The summed E-state index contributed by atoms with van der Waals surface area (Å²) >= 11 is 1.32. The molecule has 3 N–H and O–H groups in total. The summed E-state index contributed by atoms with van der Waals surface area (Å²) in [6, 6.07) is 9.88. The smallest absolute Gasteiger partial charge is 0.328 e. The molecule has 0 bridgehead atoms. The van der Waals surface area contributed by atoms with Crippen molar-refractivity contribution in [2.45, 2.75) is 54.1 Å². The Bertz CT molecular complexity index is 913. The SMILES string of the molecule is N[C@@H]1CCC[C@H](C(=O)Nc2cc(C(F)(F)F)cc3c2Cc2ccccc2S3)C1. The first-order valence-corrected chi connectivity index (χ1v) is 10.2. The van der Waals surface area contributed by atoms with E-state index in [1.165, 1.54) is 17.8 Å². The Morgan fingerprint density at radius 2 is 1.93 bits per heavy atom. The number of benzene rings is 2. The van der Waals surface area contributed by atoms with Crippen LogP contribution in [0.5, 0.6) is 0 Å². The van der Waals surface area contributed by atoms with Gasteiger partial charge in [0, 0.05) is 33.9 Å². The lowest BCUT2D eigenvalue weighted by atomic mass is 9.85. The molecule has 7 heteroatoms. The first-order chi connectivity index (χ1) is 13.3. The van der Waals surface area contributed by atoms with Gasteiger partial charge in [0.05, 0.1) is 5.56 Å². The molecule has 1 fully saturated rings. The van der Waals surface area contributed by atoms with Gasteiger partial charge < -0.3 is 11.1 Å². The quantitative estimate of drug-likeness (QED) is 0.614. The molecule has 2 aliphatic rings. The topological polar surface area (TPSA) is 55.1 Å². The van der Waals surface area contributed by atoms with Crippen LogP contribution in [-0.2, 0) is 17.4 Å². The number of hydrogen-bond acceptors (Lipinski definition) is 3. The van der Waals surface area contributed by atoms with Crippen LogP contribution < -0.4 is 11.1 Å². The molecule has 28 heavy (non-hydrogen) atoms. The van der Waals surface area contributed by atoms with Crippen LogP contribution in [0.25, 0.3) is 0 Å². The van der Waals surface area contributed by atoms with E-state index >= 15 is 0 Å². The summed E-state index contributed by atoms with van der Waals surface area (Å²) in [5, 5.41) is 2.80. The van der Waals surface area contributed by atoms with Crippen molar-refractivity contribution < 1.29 is 18.0 Å². The highest BCUT2D eigenvalue weighted by atomic mass is 32.2. The van der Waals surface area contributed by atoms with Gasteiger partial charge in [0.25, 0.3) is 0 Å². The number of alkyl halides is 3. The van der Waals surface area contributed by atoms with E-state index < -0.39 is 11.7 Å². The van der Waals surface area contributed by atoms with E-state index in [2.05, 4.69) is 5.32 Å². The molecule has 0 saturated heterocycles. The third-order valence-corrected chi connectivity index (χ3v) is 6.64. The normalized spacial score (nSPS) is 21.6. The van der Waals surface area contributed by atoms with Crippen molar-refractivity contribution in [3.05, 3.63) is 53.1 Å². The van der Waals surface area contributed by atoms with Crippen LogP contribution in [0.15, 0.2) is 46.2 Å². The van der Waals surface area contributed by atoms with Crippen molar-refractivity contribution >= 4 is 23.4 Å². The van der Waals surface area contributed by atoms with Crippen LogP contribution in [0.4, 0.5) is 18.9 Å². The first kappa shape index (κ1) is 19.3. The molecule has 148 valence electrons. The molecule has 1 aliphatic heterocycles. The van der Waals surface area contributed by atoms with Crippen LogP contribution >= 0.6 is 11.8 Å². The number of rotatable bonds is 2. The monoisotopic (exact) mass is 406 g/mol. The number of anilines is 1. The highest BCUT2D eigenvalue weighted by molar-refractivity contribution is 7.99. The summed E-state index contributed by atoms with van der Waals surface area (Å²) < 4.78 is 40.3. The van der Waals surface area contributed by atoms with Crippen molar-refractivity contribution in [3.63, 3.8) is 0 Å². The maximum Gasteiger partial charge on any atom is 0.416 e. The van der Waals surface area contributed by atoms with Gasteiger partial charge in [0.1, 0.15) is 0 Å². The van der Waals surface area contributed by atoms with E-state index in [0.29, 0.717) is 17.7 Å². The van der Waals surface area contributed by atoms with E-state index in [-0.39, 0.29) is 23.6 Å². The second-order valence-electron chi connectivity index (χ2n) is 7.50. The molecule has 1 aliphatic carbocycles. The number of carbonyl (C=O) groups is 1. The molecule has 2 aromatic rings. The Morgan fingerprint density at radius 1 is 1.14 bits per heavy atom. The van der Waals surface area contributed by atoms with Gasteiger partial charge in [0.15, 0.2) is 0 Å². The summed E-state index contributed by atoms with van der Waals surface area (Å²) in [4.78, 5) is 14.2. The Morgan fingerprint density at radius 3 is 2.68 bits per heavy atom. The average molecular weight is 406 g/mol. The largest absolute Gasteiger partial charge is 0.416 e. The lowest BCUT2D eigenvalue weighted by Crippen LogP contribution is -2.34. The number of halogens is 3. The standard InChI is InChI=1S/C21H21F3N2OS/c22-21(23,24)14-10-17(26-20(27)13-5-3-6-15(25)8-13)16-9-12-4-1-2-7-18(12)28-19(16)11-14/h1-2,4,7,10-11,13,15H,3,5-6,8-9,25H2,(H,26,27)/t13-,15+/m0/s1. The number of nitrogens with two attached hydrogens (primary N) is 1. The predicted molar refractivity (Wildman–Crippen MR) is 103 cm³/mol. The minimum absolute atomic E-state index is 0.0256. The molecule has 0 aromatic heterocycles. The molecule has 4 rings (SSSR count). The molecule has 3 nitrogen and oxygen atoms in total. The summed E-state index contributed by atoms with van der Waals surface area (Å²) in [5.74, 6) is -0.488. The van der Waals surface area contributed by atoms with E-state index in [1.54, 1.807) is 0 Å². The van der Waals surface area contributed by atoms with Gasteiger partial charge in [-0.2, -0.15) is 13.2 Å². The predicted octanol–water partition coefficient (Wildman–Crippen LogP) is 5.22. The van der Waals surface area contributed by atoms with Crippen LogP contribution in [0, 0.1) is 5.92 Å². The number of carbonyl (C=O) groups excluding carboxylic acids is 1. The number of amides is 1. The van der Waals surface area contributed by atoms with Crippen LogP contribution in [-0.4, -0.2) is 11.9 Å². The molecule has 2 atom stereocenters. The van der Waals surface area contributed by atoms with Gasteiger partial charge in [-0.15, -0.1) is 0 Å². The molecular weight excluding hydrogens is 385 g/mol. The molecule has 1 amide bonds. The lowest BCUT2D eigenvalue weighted by Gasteiger charge is -2.27. The van der Waals surface area contributed by atoms with Crippen LogP contribution in [0.1, 0.15) is 42.4 Å². The van der Waals surface area contributed by atoms with Crippen LogP contribution in [0.2, 0.25) is 0 Å². The zero-order valence-corrected chi connectivity index (χ0v) is 16.0. The van der Waals surface area contributed by atoms with Crippen LogP contribution in [0.3, 0.4) is 0 Å². The summed E-state index contributed by atoms with van der Waals surface area (Å²) in [7, 11) is 0. The van der Waals surface area contributed by atoms with Crippen molar-refractivity contribution in [1.29, 1.82) is 0 Å². The maximum atomic E-state index is 13.4. The van der Waals surface area contributed by atoms with Crippen molar-refractivity contribution in [2.75, 3.05) is 5.32 Å². The second-order valence-corrected chi connectivity index (χ2v) is 8.58. The minimum atomic E-state index is -4.47. The number of hydrogen-bond donors (Lipinski definition) is 2. The molecule has 0 spiro atoms. The van der Waals surface area contributed by atoms with Gasteiger partial charge in [-0.1, -0.05) is 36.4 Å². The summed E-state index contributed by atoms with van der Waals surface area (Å²) in [6.45, 7) is 0. The average Bonchev–Trinajstić information content (AvgIpc) is 2.65. The summed E-state index contributed by atoms with van der Waals surface area (Å²) in [6.07, 6.45) is -0.933. The highest BCUT2D eigenvalue weighted by Gasteiger charge is 2.34. The molecule has 1 saturated carbocycles. The zero-order valence-electron chi connectivity index (χ0n) is 15.2. The molecule has 0 unspecified atom stereocenters. The fourth-order valence-corrected chi connectivity index (χ4v) is 5.10. The third kappa shape index (κ3) is 3.91. The van der Waals surface area contributed by atoms with Gasteiger partial charge in [-0.3, -0.25) is 4.79 Å². The van der Waals surface area contributed by atoms with E-state index in [1.807, 2.05) is 24.3 Å². The maximum absolute atomic E-state index is 13.4. The molecular formula is C21H21F3N2OS. The summed E-state index contributed by atoms with van der Waals surface area (Å²) in [5.41, 5.74) is 7.28. The Balaban J connectivity index is 1.69. The Kier molecular flexibility index (Phi) is 5.14. The fraction of sp³-hybridized carbons (Fsp3) is 0.381. The van der Waals surface area contributed by atoms with E-state index in [9.17, 15) is 18.0 Å². The van der Waals surface area contributed by atoms with Gasteiger partial charge in [-0.25, -0.2) is 0 Å². The highest BCUT2D eigenvalue weighted by Crippen LogP contribution is 2.45. The lowest BCUT2D eigenvalue weighted by molar-refractivity contribution is -0.137. The van der Waals surface area contributed by atoms with Gasteiger partial charge in [-0.05, 0) is 48.6 Å². The number of fused-ring (bicyclic) bond motifs is 2. The Labute approximate surface area is 165 Å². The zero-order chi connectivity index (χ0) is 19.9. The molecule has 1 heterocycles. The first-order valence-electron chi connectivity index (χ1n) is 9.37. The molecule has 0 radical (unpaired) electrons. The van der Waals surface area contributed by atoms with Crippen molar-refractivity contribution in [3.8, 4) is 0 Å². The van der Waals surface area contributed by atoms with Gasteiger partial charge >= 0.3 is 6.18 Å².